The van der Waals surface area contributed by atoms with Gasteiger partial charge in [0.15, 0.2) is 0 Å². The van der Waals surface area contributed by atoms with Gasteiger partial charge in [-0.1, -0.05) is 54.6 Å². The monoisotopic (exact) mass is 426 g/mol. The molecule has 1 aliphatic carbocycles. The Hall–Kier alpha value is -3.13. The first kappa shape index (κ1) is 20.2. The van der Waals surface area contributed by atoms with Gasteiger partial charge in [0.25, 0.3) is 9.84 Å². The first-order valence-electron chi connectivity index (χ1n) is 9.60. The SMILES string of the molecule is Cn1cnc(O[C@@H]2Cc3ccccc3C(S(=O)(=O)C(=O)OCc3ccccc3)C2)c1. The number of rotatable bonds is 5. The molecule has 1 aromatic heterocycles. The van der Waals surface area contributed by atoms with E-state index >= 15 is 0 Å². The van der Waals surface area contributed by atoms with Crippen LogP contribution in [0.5, 0.6) is 5.88 Å². The Bertz CT molecular complexity index is 1140. The van der Waals surface area contributed by atoms with Crippen LogP contribution < -0.4 is 4.74 Å². The minimum atomic E-state index is -4.23. The van der Waals surface area contributed by atoms with Gasteiger partial charge in [-0.3, -0.25) is 0 Å². The second-order valence-corrected chi connectivity index (χ2v) is 9.31. The number of nitrogens with zero attached hydrogens (tertiary/aromatic N) is 2. The summed E-state index contributed by atoms with van der Waals surface area (Å²) in [7, 11) is -2.41. The molecule has 2 atom stereocenters. The number of aryl methyl sites for hydroxylation is 1. The fourth-order valence-electron chi connectivity index (χ4n) is 3.65. The van der Waals surface area contributed by atoms with Crippen molar-refractivity contribution in [2.45, 2.75) is 30.8 Å². The highest BCUT2D eigenvalue weighted by Gasteiger charge is 2.41. The van der Waals surface area contributed by atoms with Crippen molar-refractivity contribution in [2.75, 3.05) is 0 Å². The van der Waals surface area contributed by atoms with Gasteiger partial charge in [0.2, 0.25) is 5.88 Å². The molecule has 3 aromatic rings. The molecule has 0 bridgehead atoms. The van der Waals surface area contributed by atoms with Gasteiger partial charge >= 0.3 is 5.30 Å². The molecule has 2 aromatic carbocycles. The van der Waals surface area contributed by atoms with Crippen molar-refractivity contribution in [3.8, 4) is 5.88 Å². The van der Waals surface area contributed by atoms with Crippen molar-refractivity contribution in [2.24, 2.45) is 7.05 Å². The zero-order valence-electron chi connectivity index (χ0n) is 16.5. The lowest BCUT2D eigenvalue weighted by atomic mass is 9.89. The van der Waals surface area contributed by atoms with Crippen LogP contribution in [-0.2, 0) is 34.6 Å². The van der Waals surface area contributed by atoms with E-state index in [9.17, 15) is 13.2 Å². The third kappa shape index (κ3) is 4.23. The summed E-state index contributed by atoms with van der Waals surface area (Å²) < 4.78 is 39.0. The van der Waals surface area contributed by atoms with Crippen molar-refractivity contribution in [3.05, 3.63) is 83.8 Å². The van der Waals surface area contributed by atoms with Crippen LogP contribution in [0.3, 0.4) is 0 Å². The highest BCUT2D eigenvalue weighted by atomic mass is 32.2. The minimum absolute atomic E-state index is 0.0961. The second kappa shape index (κ2) is 8.31. The van der Waals surface area contributed by atoms with Gasteiger partial charge in [0.1, 0.15) is 18.0 Å². The largest absolute Gasteiger partial charge is 0.473 e. The van der Waals surface area contributed by atoms with Crippen LogP contribution in [-0.4, -0.2) is 29.4 Å². The number of ether oxygens (including phenoxy) is 2. The van der Waals surface area contributed by atoms with Gasteiger partial charge in [-0.05, 0) is 16.7 Å². The van der Waals surface area contributed by atoms with Crippen LogP contribution in [0.1, 0.15) is 28.4 Å². The normalized spacial score (nSPS) is 18.4. The average molecular weight is 426 g/mol. The quantitative estimate of drug-likeness (QED) is 0.579. The van der Waals surface area contributed by atoms with E-state index in [0.717, 1.165) is 11.1 Å². The highest BCUT2D eigenvalue weighted by Crippen LogP contribution is 2.38. The summed E-state index contributed by atoms with van der Waals surface area (Å²) in [6.07, 6.45) is 3.60. The molecule has 7 nitrogen and oxygen atoms in total. The molecule has 30 heavy (non-hydrogen) atoms. The van der Waals surface area contributed by atoms with Crippen LogP contribution in [0.2, 0.25) is 0 Å². The molecule has 1 heterocycles. The molecular formula is C22H22N2O5S. The van der Waals surface area contributed by atoms with Gasteiger partial charge < -0.3 is 14.0 Å². The minimum Gasteiger partial charge on any atom is -0.473 e. The van der Waals surface area contributed by atoms with E-state index < -0.39 is 26.5 Å². The van der Waals surface area contributed by atoms with Crippen molar-refractivity contribution in [1.82, 2.24) is 9.55 Å². The van der Waals surface area contributed by atoms with Gasteiger partial charge in [0, 0.05) is 19.9 Å². The lowest BCUT2D eigenvalue weighted by molar-refractivity contribution is 0.162. The third-order valence-electron chi connectivity index (χ3n) is 5.10. The maximum absolute atomic E-state index is 13.1. The number of carbonyl (C=O) groups excluding carboxylic acids is 1. The number of benzene rings is 2. The number of hydrogen-bond donors (Lipinski definition) is 0. The predicted molar refractivity (Wildman–Crippen MR) is 111 cm³/mol. The zero-order valence-corrected chi connectivity index (χ0v) is 17.3. The van der Waals surface area contributed by atoms with E-state index in [-0.39, 0.29) is 13.0 Å². The van der Waals surface area contributed by atoms with E-state index in [0.29, 0.717) is 17.9 Å². The summed E-state index contributed by atoms with van der Waals surface area (Å²) in [6, 6.07) is 16.2. The number of sulfone groups is 1. The molecule has 1 aliphatic rings. The van der Waals surface area contributed by atoms with Crippen molar-refractivity contribution in [1.29, 1.82) is 0 Å². The molecular weight excluding hydrogens is 404 g/mol. The Morgan fingerprint density at radius 1 is 1.13 bits per heavy atom. The number of aromatic nitrogens is 2. The van der Waals surface area contributed by atoms with Crippen LogP contribution in [0.15, 0.2) is 67.1 Å². The number of fused-ring (bicyclic) bond motifs is 1. The van der Waals surface area contributed by atoms with Gasteiger partial charge in [-0.2, -0.15) is 0 Å². The number of imidazole rings is 1. The van der Waals surface area contributed by atoms with Crippen molar-refractivity contribution < 1.29 is 22.7 Å². The first-order chi connectivity index (χ1) is 14.4. The number of hydrogen-bond acceptors (Lipinski definition) is 6. The Labute approximate surface area is 175 Å². The molecule has 0 radical (unpaired) electrons. The molecule has 1 unspecified atom stereocenters. The first-order valence-corrected chi connectivity index (χ1v) is 11.1. The van der Waals surface area contributed by atoms with Gasteiger partial charge in [-0.15, -0.1) is 0 Å². The summed E-state index contributed by atoms with van der Waals surface area (Å²) in [6.45, 7) is -0.0961. The lowest BCUT2D eigenvalue weighted by Crippen LogP contribution is -2.34. The molecule has 0 aliphatic heterocycles. The van der Waals surface area contributed by atoms with E-state index in [1.165, 1.54) is 0 Å². The summed E-state index contributed by atoms with van der Waals surface area (Å²) in [5, 5.41) is -2.25. The molecule has 156 valence electrons. The highest BCUT2D eigenvalue weighted by molar-refractivity contribution is 8.05. The maximum atomic E-state index is 13.1. The van der Waals surface area contributed by atoms with Gasteiger partial charge in [0.05, 0.1) is 12.5 Å². The zero-order chi connectivity index (χ0) is 21.1. The Kier molecular flexibility index (Phi) is 5.59. The van der Waals surface area contributed by atoms with Crippen LogP contribution in [0.25, 0.3) is 0 Å². The third-order valence-corrected chi connectivity index (χ3v) is 6.88. The standard InChI is InChI=1S/C22H22N2O5S/c1-24-13-21(23-15-24)29-18-11-17-9-5-6-10-19(17)20(12-18)30(26,27)22(25)28-14-16-7-3-2-4-8-16/h2-10,13,15,18,20H,11-12,14H2,1H3/t18-,20?/m1/s1. The van der Waals surface area contributed by atoms with Crippen LogP contribution in [0.4, 0.5) is 4.79 Å². The van der Waals surface area contributed by atoms with Crippen molar-refractivity contribution >= 4 is 15.1 Å². The Morgan fingerprint density at radius 3 is 2.60 bits per heavy atom. The Morgan fingerprint density at radius 2 is 1.87 bits per heavy atom. The second-order valence-electron chi connectivity index (χ2n) is 7.31. The predicted octanol–water partition coefficient (Wildman–Crippen LogP) is 3.61. The van der Waals surface area contributed by atoms with Crippen LogP contribution in [0, 0.1) is 0 Å². The van der Waals surface area contributed by atoms with Crippen LogP contribution >= 0.6 is 0 Å². The molecule has 8 heteroatoms. The lowest BCUT2D eigenvalue weighted by Gasteiger charge is -2.30. The van der Waals surface area contributed by atoms with E-state index in [4.69, 9.17) is 9.47 Å². The molecule has 0 N–H and O–H groups in total. The molecule has 4 rings (SSSR count). The maximum Gasteiger partial charge on any atom is 0.425 e. The molecule has 0 amide bonds. The van der Waals surface area contributed by atoms with Gasteiger partial charge in [-0.25, -0.2) is 18.2 Å². The topological polar surface area (TPSA) is 87.5 Å². The fourth-order valence-corrected chi connectivity index (χ4v) is 5.14. The van der Waals surface area contributed by atoms with E-state index in [1.807, 2.05) is 25.2 Å². The summed E-state index contributed by atoms with van der Waals surface area (Å²) in [5.74, 6) is 0.421. The summed E-state index contributed by atoms with van der Waals surface area (Å²) in [5.41, 5.74) is 2.19. The Balaban J connectivity index is 1.56. The number of carbonyl (C=O) groups is 1. The smallest absolute Gasteiger partial charge is 0.425 e. The summed E-state index contributed by atoms with van der Waals surface area (Å²) in [4.78, 5) is 16.7. The molecule has 0 saturated carbocycles. The summed E-state index contributed by atoms with van der Waals surface area (Å²) >= 11 is 0. The average Bonchev–Trinajstić information content (AvgIpc) is 3.16. The van der Waals surface area contributed by atoms with Crippen molar-refractivity contribution in [3.63, 3.8) is 0 Å². The van der Waals surface area contributed by atoms with E-state index in [2.05, 4.69) is 4.98 Å². The molecule has 0 fully saturated rings. The molecule has 0 spiro atoms. The molecule has 0 saturated heterocycles. The van der Waals surface area contributed by atoms with E-state index in [1.54, 1.807) is 53.5 Å². The fraction of sp³-hybridized carbons (Fsp3) is 0.273.